The molecular formula is C26H35N5. The van der Waals surface area contributed by atoms with Crippen LogP contribution in [-0.2, 0) is 13.0 Å². The van der Waals surface area contributed by atoms with Crippen molar-refractivity contribution in [1.82, 2.24) is 19.4 Å². The molecule has 2 aromatic rings. The summed E-state index contributed by atoms with van der Waals surface area (Å²) < 4.78 is 2.48. The summed E-state index contributed by atoms with van der Waals surface area (Å²) in [6.45, 7) is 10.1. The van der Waals surface area contributed by atoms with Crippen molar-refractivity contribution in [2.45, 2.75) is 51.6 Å². The molecule has 6 rings (SSSR count). The third kappa shape index (κ3) is 3.67. The van der Waals surface area contributed by atoms with Crippen LogP contribution in [0.1, 0.15) is 38.4 Å². The van der Waals surface area contributed by atoms with Crippen molar-refractivity contribution in [3.63, 3.8) is 0 Å². The first-order chi connectivity index (χ1) is 15.2. The Morgan fingerprint density at radius 2 is 1.77 bits per heavy atom. The maximum atomic E-state index is 5.08. The number of benzene rings is 1. The van der Waals surface area contributed by atoms with Gasteiger partial charge in [0.2, 0.25) is 0 Å². The minimum atomic E-state index is 0.664. The SMILES string of the molecule is CC1C=C(N2CCN(c3ccc4c(c3)nc3n4CCN(C4CCC4)CC3)CC2)C=CC1. The second kappa shape index (κ2) is 8.01. The summed E-state index contributed by atoms with van der Waals surface area (Å²) in [5.41, 5.74) is 5.25. The van der Waals surface area contributed by atoms with Gasteiger partial charge in [-0.2, -0.15) is 0 Å². The number of aromatic nitrogens is 2. The van der Waals surface area contributed by atoms with Crippen molar-refractivity contribution < 1.29 is 0 Å². The molecular weight excluding hydrogens is 382 g/mol. The molecule has 31 heavy (non-hydrogen) atoms. The largest absolute Gasteiger partial charge is 0.368 e. The van der Waals surface area contributed by atoms with Crippen molar-refractivity contribution in [2.24, 2.45) is 5.92 Å². The van der Waals surface area contributed by atoms with E-state index in [1.54, 1.807) is 0 Å². The molecule has 4 aliphatic rings. The van der Waals surface area contributed by atoms with Gasteiger partial charge in [-0.05, 0) is 49.5 Å². The highest BCUT2D eigenvalue weighted by atomic mass is 15.3. The predicted molar refractivity (Wildman–Crippen MR) is 127 cm³/mol. The fourth-order valence-corrected chi connectivity index (χ4v) is 5.76. The lowest BCUT2D eigenvalue weighted by Gasteiger charge is -2.38. The van der Waals surface area contributed by atoms with Crippen molar-refractivity contribution in [1.29, 1.82) is 0 Å². The second-order valence-electron chi connectivity index (χ2n) is 9.90. The van der Waals surface area contributed by atoms with Gasteiger partial charge in [0.25, 0.3) is 0 Å². The van der Waals surface area contributed by atoms with Crippen LogP contribution in [0.2, 0.25) is 0 Å². The van der Waals surface area contributed by atoms with Crippen LogP contribution in [0.15, 0.2) is 42.1 Å². The second-order valence-corrected chi connectivity index (χ2v) is 9.90. The fourth-order valence-electron chi connectivity index (χ4n) is 5.76. The molecule has 0 amide bonds. The molecule has 2 aliphatic carbocycles. The molecule has 5 nitrogen and oxygen atoms in total. The average molecular weight is 418 g/mol. The molecule has 1 aromatic carbocycles. The minimum Gasteiger partial charge on any atom is -0.368 e. The zero-order valence-electron chi connectivity index (χ0n) is 18.8. The molecule has 2 fully saturated rings. The summed E-state index contributed by atoms with van der Waals surface area (Å²) in [6.07, 6.45) is 13.5. The van der Waals surface area contributed by atoms with Gasteiger partial charge >= 0.3 is 0 Å². The number of imidazole rings is 1. The fraction of sp³-hybridized carbons (Fsp3) is 0.577. The third-order valence-electron chi connectivity index (χ3n) is 7.90. The minimum absolute atomic E-state index is 0.664. The molecule has 1 atom stereocenters. The Balaban J connectivity index is 1.15. The Hall–Kier alpha value is -2.27. The molecule has 0 bridgehead atoms. The molecule has 5 heteroatoms. The van der Waals surface area contributed by atoms with Gasteiger partial charge in [0.1, 0.15) is 5.82 Å². The Morgan fingerprint density at radius 3 is 2.55 bits per heavy atom. The first-order valence-electron chi connectivity index (χ1n) is 12.4. The highest BCUT2D eigenvalue weighted by Crippen LogP contribution is 2.29. The zero-order chi connectivity index (χ0) is 20.8. The average Bonchev–Trinajstić information content (AvgIpc) is 2.98. The summed E-state index contributed by atoms with van der Waals surface area (Å²) in [7, 11) is 0. The number of anilines is 1. The first-order valence-corrected chi connectivity index (χ1v) is 12.4. The maximum absolute atomic E-state index is 5.08. The van der Waals surface area contributed by atoms with Gasteiger partial charge in [-0.25, -0.2) is 4.98 Å². The van der Waals surface area contributed by atoms with Gasteiger partial charge in [-0.15, -0.1) is 0 Å². The first kappa shape index (κ1) is 19.4. The standard InChI is InChI=1S/C26H35N5/c1-20-4-2-7-22(18-20)29-12-14-30(15-13-29)23-8-9-25-24(19-23)27-26-10-11-28(16-17-31(25)26)21-5-3-6-21/h2,7-9,18-21H,3-6,10-17H2,1H3. The lowest BCUT2D eigenvalue weighted by Crippen LogP contribution is -2.45. The normalized spacial score (nSPS) is 25.3. The van der Waals surface area contributed by atoms with E-state index in [2.05, 4.69) is 62.6 Å². The van der Waals surface area contributed by atoms with Crippen molar-refractivity contribution in [2.75, 3.05) is 44.2 Å². The van der Waals surface area contributed by atoms with Crippen molar-refractivity contribution >= 4 is 16.7 Å². The van der Waals surface area contributed by atoms with Crippen molar-refractivity contribution in [3.05, 3.63) is 47.9 Å². The van der Waals surface area contributed by atoms with Gasteiger partial charge in [0, 0.05) is 69.7 Å². The van der Waals surface area contributed by atoms with Crippen LogP contribution in [0.25, 0.3) is 11.0 Å². The van der Waals surface area contributed by atoms with Gasteiger partial charge < -0.3 is 14.4 Å². The number of nitrogens with zero attached hydrogens (tertiary/aromatic N) is 5. The van der Waals surface area contributed by atoms with Crippen LogP contribution in [-0.4, -0.2) is 64.7 Å². The smallest absolute Gasteiger partial charge is 0.111 e. The van der Waals surface area contributed by atoms with E-state index in [0.29, 0.717) is 5.92 Å². The van der Waals surface area contributed by atoms with Crippen LogP contribution in [0, 0.1) is 5.92 Å². The molecule has 1 unspecified atom stereocenters. The number of fused-ring (bicyclic) bond motifs is 3. The molecule has 1 saturated heterocycles. The Kier molecular flexibility index (Phi) is 5.02. The monoisotopic (exact) mass is 417 g/mol. The van der Waals surface area contributed by atoms with E-state index in [-0.39, 0.29) is 0 Å². The lowest BCUT2D eigenvalue weighted by molar-refractivity contribution is 0.130. The zero-order valence-corrected chi connectivity index (χ0v) is 18.8. The maximum Gasteiger partial charge on any atom is 0.111 e. The van der Waals surface area contributed by atoms with Gasteiger partial charge in [0.05, 0.1) is 11.0 Å². The van der Waals surface area contributed by atoms with Crippen molar-refractivity contribution in [3.8, 4) is 0 Å². The summed E-state index contributed by atoms with van der Waals surface area (Å²) in [5.74, 6) is 1.95. The lowest BCUT2D eigenvalue weighted by atomic mass is 9.91. The summed E-state index contributed by atoms with van der Waals surface area (Å²) >= 11 is 0. The quantitative estimate of drug-likeness (QED) is 0.753. The number of piperazine rings is 1. The molecule has 164 valence electrons. The van der Waals surface area contributed by atoms with E-state index in [1.165, 1.54) is 67.0 Å². The van der Waals surface area contributed by atoms with Crippen LogP contribution in [0.4, 0.5) is 5.69 Å². The number of hydrogen-bond acceptors (Lipinski definition) is 4. The molecule has 1 saturated carbocycles. The summed E-state index contributed by atoms with van der Waals surface area (Å²) in [6, 6.07) is 7.81. The Bertz CT molecular complexity index is 1010. The highest BCUT2D eigenvalue weighted by molar-refractivity contribution is 5.80. The molecule has 3 heterocycles. The molecule has 2 aliphatic heterocycles. The molecule has 1 aromatic heterocycles. The number of hydrogen-bond donors (Lipinski definition) is 0. The van der Waals surface area contributed by atoms with Crippen LogP contribution >= 0.6 is 0 Å². The molecule has 0 N–H and O–H groups in total. The number of rotatable bonds is 3. The van der Waals surface area contributed by atoms with E-state index in [1.807, 2.05) is 0 Å². The van der Waals surface area contributed by atoms with Gasteiger partial charge in [-0.3, -0.25) is 4.90 Å². The van der Waals surface area contributed by atoms with Gasteiger partial charge in [0.15, 0.2) is 0 Å². The van der Waals surface area contributed by atoms with E-state index >= 15 is 0 Å². The number of allylic oxidation sites excluding steroid dienone is 3. The van der Waals surface area contributed by atoms with E-state index < -0.39 is 0 Å². The highest BCUT2D eigenvalue weighted by Gasteiger charge is 2.27. The summed E-state index contributed by atoms with van der Waals surface area (Å²) in [4.78, 5) is 12.9. The summed E-state index contributed by atoms with van der Waals surface area (Å²) in [5, 5.41) is 0. The van der Waals surface area contributed by atoms with Gasteiger partial charge in [-0.1, -0.05) is 25.5 Å². The molecule has 0 spiro atoms. The van der Waals surface area contributed by atoms with E-state index in [0.717, 1.165) is 45.2 Å². The van der Waals surface area contributed by atoms with Crippen LogP contribution in [0.5, 0.6) is 0 Å². The third-order valence-corrected chi connectivity index (χ3v) is 7.90. The van der Waals surface area contributed by atoms with Crippen LogP contribution in [0.3, 0.4) is 0 Å². The van der Waals surface area contributed by atoms with E-state index in [9.17, 15) is 0 Å². The molecule has 0 radical (unpaired) electrons. The van der Waals surface area contributed by atoms with E-state index in [4.69, 9.17) is 4.98 Å². The predicted octanol–water partition coefficient (Wildman–Crippen LogP) is 4.05. The Morgan fingerprint density at radius 1 is 0.935 bits per heavy atom. The Labute approximate surface area is 186 Å². The van der Waals surface area contributed by atoms with Crippen LogP contribution < -0.4 is 4.90 Å². The topological polar surface area (TPSA) is 27.5 Å².